The number of H-pyrrole nitrogens is 2. The number of benzene rings is 2. The number of carbonyl (C=O) groups is 10. The number of rotatable bonds is 36. The maximum absolute atomic E-state index is 14.6. The molecule has 452 valence electrons. The molecule has 0 saturated heterocycles. The summed E-state index contributed by atoms with van der Waals surface area (Å²) in [5.41, 5.74) is 19.0. The Hall–Kier alpha value is -8.77. The zero-order chi connectivity index (χ0) is 61.0. The van der Waals surface area contributed by atoms with Crippen molar-refractivity contribution < 1.29 is 58.2 Å². The molecule has 30 heteroatoms. The van der Waals surface area contributed by atoms with Crippen LogP contribution in [0.2, 0.25) is 0 Å². The number of hydrogen-bond acceptors (Lipinski definition) is 16. The Labute approximate surface area is 484 Å². The Kier molecular flexibility index (Phi) is 27.7. The fraction of sp³-hybridized carbons (Fsp3) is 0.472. The molecule has 4 aromatic rings. The van der Waals surface area contributed by atoms with Crippen LogP contribution >= 0.6 is 12.6 Å². The number of aromatic nitrogens is 3. The normalized spacial score (nSPS) is 13.6. The van der Waals surface area contributed by atoms with E-state index in [-0.39, 0.29) is 81.4 Å². The maximum Gasteiger partial charge on any atom is 0.326 e. The summed E-state index contributed by atoms with van der Waals surface area (Å²) in [6.07, 6.45) is 4.83. The number of nitrogens with two attached hydrogens (primary N) is 3. The Bertz CT molecular complexity index is 2830. The number of aromatic hydroxyl groups is 1. The monoisotopic (exact) mass is 1180 g/mol. The van der Waals surface area contributed by atoms with E-state index >= 15 is 0 Å². The summed E-state index contributed by atoms with van der Waals surface area (Å²) in [5, 5.41) is 54.0. The molecular weight excluding hydrogens is 1100 g/mol. The van der Waals surface area contributed by atoms with Crippen molar-refractivity contribution in [2.75, 3.05) is 38.5 Å². The van der Waals surface area contributed by atoms with Crippen molar-refractivity contribution in [1.82, 2.24) is 68.1 Å². The minimum absolute atomic E-state index is 0.00681. The van der Waals surface area contributed by atoms with Gasteiger partial charge in [-0.2, -0.15) is 12.6 Å². The number of nitrogens with zero attached hydrogens (tertiary/aromatic N) is 1. The van der Waals surface area contributed by atoms with Gasteiger partial charge in [0.1, 0.15) is 42.0 Å². The predicted octanol–water partition coefficient (Wildman–Crippen LogP) is -3.34. The molecule has 0 aliphatic heterocycles. The van der Waals surface area contributed by atoms with Crippen molar-refractivity contribution >= 4 is 88.6 Å². The highest BCUT2D eigenvalue weighted by Crippen LogP contribution is 2.20. The highest BCUT2D eigenvalue weighted by atomic mass is 32.1. The molecule has 0 saturated carbocycles. The highest BCUT2D eigenvalue weighted by molar-refractivity contribution is 7.80. The van der Waals surface area contributed by atoms with Gasteiger partial charge in [-0.1, -0.05) is 44.2 Å². The summed E-state index contributed by atoms with van der Waals surface area (Å²) in [4.78, 5) is 144. The minimum atomic E-state index is -1.45. The number of imidazole rings is 1. The van der Waals surface area contributed by atoms with Crippen LogP contribution < -0.4 is 70.4 Å². The quantitative estimate of drug-likeness (QED) is 0.00916. The molecule has 0 aliphatic carbocycles. The van der Waals surface area contributed by atoms with Crippen molar-refractivity contribution in [3.63, 3.8) is 0 Å². The summed E-state index contributed by atoms with van der Waals surface area (Å²) in [6.45, 7) is 2.22. The summed E-state index contributed by atoms with van der Waals surface area (Å²) in [5.74, 6) is -9.16. The van der Waals surface area contributed by atoms with Gasteiger partial charge in [0.15, 0.2) is 5.96 Å². The molecule has 0 bridgehead atoms. The molecule has 0 fully saturated rings. The molecule has 83 heavy (non-hydrogen) atoms. The van der Waals surface area contributed by atoms with E-state index in [2.05, 4.69) is 80.7 Å². The number of aliphatic carboxylic acids is 1. The number of thiol groups is 1. The number of phenols is 1. The van der Waals surface area contributed by atoms with Gasteiger partial charge in [-0.25, -0.2) is 9.78 Å². The van der Waals surface area contributed by atoms with Gasteiger partial charge in [0, 0.05) is 54.9 Å². The second kappa shape index (κ2) is 34.5. The van der Waals surface area contributed by atoms with Crippen LogP contribution in [-0.4, -0.2) is 171 Å². The van der Waals surface area contributed by atoms with Crippen LogP contribution in [0.4, 0.5) is 0 Å². The molecule has 29 nitrogen and oxygen atoms in total. The number of amides is 9. The van der Waals surface area contributed by atoms with Crippen LogP contribution in [0.25, 0.3) is 10.9 Å². The zero-order valence-electron chi connectivity index (χ0n) is 46.2. The third kappa shape index (κ3) is 23.7. The molecule has 0 spiro atoms. The Morgan fingerprint density at radius 3 is 1.78 bits per heavy atom. The van der Waals surface area contributed by atoms with E-state index in [0.717, 1.165) is 10.9 Å². The standard InChI is InChI=1S/C53H77N17O12S/c1-29(2)18-39(49(78)67-38(11-7-17-59-53(56)57)48(77)70-42(52(81)82)20-31-22-60-36-9-4-3-8-34(31)36)68-50(79)40(19-30-12-14-33(71)15-13-30)69-47(76)37(10-5-6-16-54)66-51(80)41(21-32-23-58-28-64-32)65-45(74)26-62-43(72)24-61-44(73)25-63-46(75)35(55)27-83/h3-4,8-9,12-15,22-23,28-29,35,37-42,60,71,83H,5-7,10-11,16-21,24-27,54-55H2,1-2H3,(H,58,64)(H,61,73)(H,62,72)(H,63,75)(H,65,74)(H,66,80)(H,67,78)(H,68,79)(H,69,76)(H,70,77)(H,81,82)(H4,56,57,59)/t35-,37-,38-,39-,40-,41-,42-/m0/s1. The number of carboxylic acid groups (broad SMARTS) is 1. The number of para-hydroxylation sites is 1. The van der Waals surface area contributed by atoms with Crippen LogP contribution in [0.15, 0.2) is 67.3 Å². The molecule has 2 heterocycles. The molecule has 2 aromatic heterocycles. The third-order valence-corrected chi connectivity index (χ3v) is 13.1. The number of guanidine groups is 1. The smallest absolute Gasteiger partial charge is 0.326 e. The molecule has 7 atom stereocenters. The number of aromatic amines is 2. The molecule has 0 unspecified atom stereocenters. The van der Waals surface area contributed by atoms with Gasteiger partial charge < -0.3 is 90.5 Å². The van der Waals surface area contributed by atoms with Crippen molar-refractivity contribution in [3.05, 3.63) is 84.1 Å². The van der Waals surface area contributed by atoms with E-state index in [1.807, 2.05) is 18.2 Å². The van der Waals surface area contributed by atoms with Gasteiger partial charge in [-0.3, -0.25) is 48.6 Å². The van der Waals surface area contributed by atoms with Crippen molar-refractivity contribution in [2.24, 2.45) is 23.1 Å². The molecule has 9 amide bonds. The minimum Gasteiger partial charge on any atom is -0.508 e. The number of carbonyl (C=O) groups excluding carboxylic acids is 9. The van der Waals surface area contributed by atoms with Crippen LogP contribution in [0.5, 0.6) is 5.75 Å². The summed E-state index contributed by atoms with van der Waals surface area (Å²) >= 11 is 3.92. The lowest BCUT2D eigenvalue weighted by Gasteiger charge is -2.28. The number of unbranched alkanes of at least 4 members (excludes halogenated alkanes) is 1. The van der Waals surface area contributed by atoms with Gasteiger partial charge >= 0.3 is 5.97 Å². The van der Waals surface area contributed by atoms with E-state index in [1.54, 1.807) is 26.1 Å². The molecular formula is C53H77N17O12S. The second-order valence-corrected chi connectivity index (χ2v) is 20.3. The third-order valence-electron chi connectivity index (χ3n) is 12.7. The summed E-state index contributed by atoms with van der Waals surface area (Å²) < 4.78 is 0. The lowest BCUT2D eigenvalue weighted by molar-refractivity contribution is -0.142. The average molecular weight is 1180 g/mol. The van der Waals surface area contributed by atoms with Crippen molar-refractivity contribution in [1.29, 1.82) is 5.41 Å². The van der Waals surface area contributed by atoms with Crippen LogP contribution in [-0.2, 0) is 67.2 Å². The van der Waals surface area contributed by atoms with Crippen LogP contribution in [0.3, 0.4) is 0 Å². The number of phenolic OH excluding ortho intramolecular Hbond substituents is 1. The predicted molar refractivity (Wildman–Crippen MR) is 308 cm³/mol. The van der Waals surface area contributed by atoms with E-state index in [9.17, 15) is 58.2 Å². The fourth-order valence-corrected chi connectivity index (χ4v) is 8.52. The first-order valence-electron chi connectivity index (χ1n) is 26.9. The zero-order valence-corrected chi connectivity index (χ0v) is 47.1. The molecule has 0 aliphatic rings. The number of carboxylic acids is 1. The van der Waals surface area contributed by atoms with Crippen LogP contribution in [0.1, 0.15) is 69.2 Å². The topological polar surface area (TPSA) is 478 Å². The molecule has 0 radical (unpaired) electrons. The SMILES string of the molecule is CC(C)C[C@H](NC(=O)[C@H](Cc1ccc(O)cc1)NC(=O)[C@H](CCCCN)NC(=O)[C@H](Cc1c[nH]cn1)NC(=O)CNC(=O)CNC(=O)CNC(=O)[C@@H](N)CS)C(=O)N[C@@H](CCCNC(=N)N)C(=O)N[C@@H](Cc1c[nH]c2ccccc12)C(=O)O. The first-order chi connectivity index (χ1) is 39.6. The molecule has 4 rings (SSSR count). The van der Waals surface area contributed by atoms with Gasteiger partial charge in [-0.15, -0.1) is 0 Å². The Balaban J connectivity index is 1.54. The van der Waals surface area contributed by atoms with E-state index in [1.165, 1.54) is 36.8 Å². The lowest BCUT2D eigenvalue weighted by Crippen LogP contribution is -2.60. The lowest BCUT2D eigenvalue weighted by atomic mass is 9.99. The maximum atomic E-state index is 14.6. The van der Waals surface area contributed by atoms with Crippen molar-refractivity contribution in [2.45, 2.75) is 114 Å². The average Bonchev–Trinajstić information content (AvgIpc) is 4.23. The first-order valence-corrected chi connectivity index (χ1v) is 27.5. The Morgan fingerprint density at radius 1 is 0.639 bits per heavy atom. The van der Waals surface area contributed by atoms with Gasteiger partial charge in [-0.05, 0) is 80.3 Å². The summed E-state index contributed by atoms with van der Waals surface area (Å²) in [7, 11) is 0. The van der Waals surface area contributed by atoms with E-state index < -0.39 is 121 Å². The van der Waals surface area contributed by atoms with Gasteiger partial charge in [0.25, 0.3) is 0 Å². The van der Waals surface area contributed by atoms with Crippen LogP contribution in [0, 0.1) is 11.3 Å². The fourth-order valence-electron chi connectivity index (χ4n) is 8.35. The largest absolute Gasteiger partial charge is 0.508 e. The van der Waals surface area contributed by atoms with E-state index in [4.69, 9.17) is 22.6 Å². The Morgan fingerprint density at radius 2 is 1.19 bits per heavy atom. The number of hydrogen-bond donors (Lipinski definition) is 19. The number of nitrogens with one attached hydrogen (secondary N) is 13. The second-order valence-electron chi connectivity index (χ2n) is 19.9. The first kappa shape index (κ1) is 66.7. The number of fused-ring (bicyclic) bond motifs is 1. The molecule has 2 aromatic carbocycles. The van der Waals surface area contributed by atoms with Gasteiger partial charge in [0.05, 0.1) is 37.7 Å². The summed E-state index contributed by atoms with van der Waals surface area (Å²) in [6, 6.07) is 3.72. The molecule has 21 N–H and O–H groups in total. The van der Waals surface area contributed by atoms with Gasteiger partial charge in [0.2, 0.25) is 53.2 Å². The highest BCUT2D eigenvalue weighted by Gasteiger charge is 2.34. The van der Waals surface area contributed by atoms with E-state index in [0.29, 0.717) is 29.7 Å². The van der Waals surface area contributed by atoms with Crippen molar-refractivity contribution in [3.8, 4) is 5.75 Å².